The van der Waals surface area contributed by atoms with E-state index < -0.39 is 5.91 Å². The lowest BCUT2D eigenvalue weighted by molar-refractivity contribution is -0.118. The molecule has 1 aromatic carbocycles. The molecule has 0 bridgehead atoms. The smallest absolute Gasteiger partial charge is 0.248 e. The molecule has 2 amide bonds. The number of carbonyl (C=O) groups is 2. The number of hydrogen-bond donors (Lipinski definition) is 1. The van der Waals surface area contributed by atoms with Crippen LogP contribution in [-0.2, 0) is 4.79 Å². The van der Waals surface area contributed by atoms with Gasteiger partial charge in [0.25, 0.3) is 0 Å². The van der Waals surface area contributed by atoms with Crippen molar-refractivity contribution in [2.75, 3.05) is 11.4 Å². The Bertz CT molecular complexity index is 483. The maximum atomic E-state index is 12.3. The zero-order chi connectivity index (χ0) is 15.1. The standard InChI is InChI=1S/C16H24N2O2/c1-4-6-8-18(15(19)7-5-2)14-10-12(3)9-13(11-14)16(17)20/h9-11H,4-8H2,1-3H3,(H2,17,20). The van der Waals surface area contributed by atoms with Crippen LogP contribution < -0.4 is 10.6 Å². The molecule has 0 radical (unpaired) electrons. The molecular formula is C16H24N2O2. The van der Waals surface area contributed by atoms with E-state index >= 15 is 0 Å². The van der Waals surface area contributed by atoms with Gasteiger partial charge in [-0.25, -0.2) is 0 Å². The van der Waals surface area contributed by atoms with Crippen LogP contribution in [0.3, 0.4) is 0 Å². The van der Waals surface area contributed by atoms with Gasteiger partial charge in [-0.15, -0.1) is 0 Å². The second-order valence-corrected chi connectivity index (χ2v) is 5.07. The fourth-order valence-electron chi connectivity index (χ4n) is 2.12. The number of benzene rings is 1. The highest BCUT2D eigenvalue weighted by Gasteiger charge is 2.16. The second-order valence-electron chi connectivity index (χ2n) is 5.07. The third kappa shape index (κ3) is 4.37. The van der Waals surface area contributed by atoms with E-state index in [0.717, 1.165) is 30.5 Å². The molecule has 2 N–H and O–H groups in total. The molecule has 110 valence electrons. The minimum Gasteiger partial charge on any atom is -0.366 e. The van der Waals surface area contributed by atoms with Crippen LogP contribution in [0, 0.1) is 6.92 Å². The average Bonchev–Trinajstić information content (AvgIpc) is 2.38. The Labute approximate surface area is 121 Å². The summed E-state index contributed by atoms with van der Waals surface area (Å²) in [7, 11) is 0. The van der Waals surface area contributed by atoms with Gasteiger partial charge in [0.05, 0.1) is 0 Å². The molecule has 0 spiro atoms. The molecule has 0 aliphatic carbocycles. The Morgan fingerprint density at radius 1 is 1.15 bits per heavy atom. The topological polar surface area (TPSA) is 63.4 Å². The van der Waals surface area contributed by atoms with Crippen LogP contribution in [-0.4, -0.2) is 18.4 Å². The number of carbonyl (C=O) groups excluding carboxylic acids is 2. The molecule has 20 heavy (non-hydrogen) atoms. The molecule has 0 aliphatic heterocycles. The zero-order valence-corrected chi connectivity index (χ0v) is 12.6. The third-order valence-corrected chi connectivity index (χ3v) is 3.16. The molecule has 0 fully saturated rings. The van der Waals surface area contributed by atoms with Crippen molar-refractivity contribution in [1.29, 1.82) is 0 Å². The van der Waals surface area contributed by atoms with E-state index in [1.807, 2.05) is 19.9 Å². The summed E-state index contributed by atoms with van der Waals surface area (Å²) in [6.45, 7) is 6.66. The molecule has 4 nitrogen and oxygen atoms in total. The first kappa shape index (κ1) is 16.2. The van der Waals surface area contributed by atoms with Crippen LogP contribution in [0.2, 0.25) is 0 Å². The number of nitrogens with two attached hydrogens (primary N) is 1. The van der Waals surface area contributed by atoms with Crippen molar-refractivity contribution in [2.45, 2.75) is 46.5 Å². The van der Waals surface area contributed by atoms with E-state index in [9.17, 15) is 9.59 Å². The van der Waals surface area contributed by atoms with Crippen molar-refractivity contribution >= 4 is 17.5 Å². The molecule has 0 saturated carbocycles. The summed E-state index contributed by atoms with van der Waals surface area (Å²) in [4.78, 5) is 25.4. The van der Waals surface area contributed by atoms with E-state index in [2.05, 4.69) is 6.92 Å². The Balaban J connectivity index is 3.11. The minimum absolute atomic E-state index is 0.0990. The van der Waals surface area contributed by atoms with Gasteiger partial charge in [0.1, 0.15) is 0 Å². The van der Waals surface area contributed by atoms with E-state index in [1.165, 1.54) is 0 Å². The lowest BCUT2D eigenvalue weighted by atomic mass is 10.1. The molecule has 1 rings (SSSR count). The molecule has 0 aromatic heterocycles. The number of primary amides is 1. The normalized spacial score (nSPS) is 10.3. The van der Waals surface area contributed by atoms with Gasteiger partial charge in [0, 0.05) is 24.2 Å². The maximum Gasteiger partial charge on any atom is 0.248 e. The number of rotatable bonds is 7. The number of anilines is 1. The first-order valence-electron chi connectivity index (χ1n) is 7.21. The van der Waals surface area contributed by atoms with E-state index in [-0.39, 0.29) is 5.91 Å². The fraction of sp³-hybridized carbons (Fsp3) is 0.500. The first-order valence-corrected chi connectivity index (χ1v) is 7.21. The summed E-state index contributed by atoms with van der Waals surface area (Å²) in [5.41, 5.74) is 7.50. The van der Waals surface area contributed by atoms with Gasteiger partial charge in [-0.1, -0.05) is 20.3 Å². The summed E-state index contributed by atoms with van der Waals surface area (Å²) in [6.07, 6.45) is 3.29. The number of unbranched alkanes of at least 4 members (excludes halogenated alkanes) is 1. The predicted molar refractivity (Wildman–Crippen MR) is 81.9 cm³/mol. The quantitative estimate of drug-likeness (QED) is 0.832. The molecule has 0 saturated heterocycles. The summed E-state index contributed by atoms with van der Waals surface area (Å²) >= 11 is 0. The number of amides is 2. The van der Waals surface area contributed by atoms with Crippen LogP contribution in [0.4, 0.5) is 5.69 Å². The summed E-state index contributed by atoms with van der Waals surface area (Å²) in [5.74, 6) is -0.365. The van der Waals surface area contributed by atoms with Gasteiger partial charge in [-0.05, 0) is 43.5 Å². The van der Waals surface area contributed by atoms with Gasteiger partial charge < -0.3 is 10.6 Å². The first-order chi connectivity index (χ1) is 9.49. The number of nitrogens with zero attached hydrogens (tertiary/aromatic N) is 1. The van der Waals surface area contributed by atoms with E-state index in [1.54, 1.807) is 17.0 Å². The Hall–Kier alpha value is -1.84. The molecule has 4 heteroatoms. The second kappa shape index (κ2) is 7.68. The number of hydrogen-bond acceptors (Lipinski definition) is 2. The van der Waals surface area contributed by atoms with Crippen molar-refractivity contribution in [3.63, 3.8) is 0 Å². The highest BCUT2D eigenvalue weighted by molar-refractivity contribution is 5.97. The van der Waals surface area contributed by atoms with Crippen LogP contribution in [0.25, 0.3) is 0 Å². The average molecular weight is 276 g/mol. The van der Waals surface area contributed by atoms with Crippen molar-refractivity contribution in [2.24, 2.45) is 5.73 Å². The maximum absolute atomic E-state index is 12.3. The summed E-state index contributed by atoms with van der Waals surface area (Å²) < 4.78 is 0. The van der Waals surface area contributed by atoms with Crippen LogP contribution in [0.5, 0.6) is 0 Å². The monoisotopic (exact) mass is 276 g/mol. The van der Waals surface area contributed by atoms with Crippen LogP contribution in [0.15, 0.2) is 18.2 Å². The van der Waals surface area contributed by atoms with Crippen molar-refractivity contribution in [1.82, 2.24) is 0 Å². The molecule has 1 aromatic rings. The molecule has 0 aliphatic rings. The van der Waals surface area contributed by atoms with Gasteiger partial charge in [0.15, 0.2) is 0 Å². The molecule has 0 atom stereocenters. The Morgan fingerprint density at radius 3 is 2.40 bits per heavy atom. The fourth-order valence-corrected chi connectivity index (χ4v) is 2.12. The van der Waals surface area contributed by atoms with Gasteiger partial charge in [-0.3, -0.25) is 9.59 Å². The van der Waals surface area contributed by atoms with Crippen LogP contribution >= 0.6 is 0 Å². The lowest BCUT2D eigenvalue weighted by Crippen LogP contribution is -2.32. The molecular weight excluding hydrogens is 252 g/mol. The van der Waals surface area contributed by atoms with Crippen molar-refractivity contribution in [3.8, 4) is 0 Å². The minimum atomic E-state index is -0.465. The Kier molecular flexibility index (Phi) is 6.22. The highest BCUT2D eigenvalue weighted by Crippen LogP contribution is 2.21. The third-order valence-electron chi connectivity index (χ3n) is 3.16. The zero-order valence-electron chi connectivity index (χ0n) is 12.6. The SMILES string of the molecule is CCCCN(C(=O)CCC)c1cc(C)cc(C(N)=O)c1. The Morgan fingerprint density at radius 2 is 1.85 bits per heavy atom. The lowest BCUT2D eigenvalue weighted by Gasteiger charge is -2.23. The van der Waals surface area contributed by atoms with Gasteiger partial charge >= 0.3 is 0 Å². The van der Waals surface area contributed by atoms with Crippen molar-refractivity contribution < 1.29 is 9.59 Å². The van der Waals surface area contributed by atoms with E-state index in [4.69, 9.17) is 5.73 Å². The molecule has 0 heterocycles. The van der Waals surface area contributed by atoms with Gasteiger partial charge in [0.2, 0.25) is 11.8 Å². The summed E-state index contributed by atoms with van der Waals surface area (Å²) in [6, 6.07) is 5.38. The molecule has 0 unspecified atom stereocenters. The van der Waals surface area contributed by atoms with E-state index in [0.29, 0.717) is 18.5 Å². The van der Waals surface area contributed by atoms with Crippen molar-refractivity contribution in [3.05, 3.63) is 29.3 Å². The van der Waals surface area contributed by atoms with Gasteiger partial charge in [-0.2, -0.15) is 0 Å². The predicted octanol–water partition coefficient (Wildman–Crippen LogP) is 3.03. The number of aryl methyl sites for hydroxylation is 1. The largest absolute Gasteiger partial charge is 0.366 e. The highest BCUT2D eigenvalue weighted by atomic mass is 16.2. The van der Waals surface area contributed by atoms with Crippen LogP contribution in [0.1, 0.15) is 55.5 Å². The summed E-state index contributed by atoms with van der Waals surface area (Å²) in [5, 5.41) is 0.